The van der Waals surface area contributed by atoms with Crippen molar-refractivity contribution in [3.8, 4) is 11.5 Å². The van der Waals surface area contributed by atoms with Gasteiger partial charge < -0.3 is 24.8 Å². The van der Waals surface area contributed by atoms with Crippen LogP contribution >= 0.6 is 12.4 Å². The van der Waals surface area contributed by atoms with E-state index in [1.54, 1.807) is 26.4 Å². The molecule has 0 saturated carbocycles. The Morgan fingerprint density at radius 1 is 1.29 bits per heavy atom. The van der Waals surface area contributed by atoms with Crippen LogP contribution in [0.15, 0.2) is 18.2 Å². The van der Waals surface area contributed by atoms with Gasteiger partial charge in [0, 0.05) is 25.3 Å². The second-order valence-electron chi connectivity index (χ2n) is 5.65. The molecule has 1 aliphatic rings. The summed E-state index contributed by atoms with van der Waals surface area (Å²) in [5.41, 5.74) is 0.716. The van der Waals surface area contributed by atoms with E-state index in [9.17, 15) is 4.79 Å². The van der Waals surface area contributed by atoms with E-state index in [1.165, 1.54) is 0 Å². The molecule has 0 radical (unpaired) electrons. The van der Waals surface area contributed by atoms with Crippen LogP contribution in [0.2, 0.25) is 0 Å². The minimum atomic E-state index is 0. The zero-order valence-corrected chi connectivity index (χ0v) is 15.1. The Balaban J connectivity index is 0.00000288. The third-order valence-corrected chi connectivity index (χ3v) is 3.93. The molecule has 1 aromatic rings. The molecule has 0 spiro atoms. The van der Waals surface area contributed by atoms with Gasteiger partial charge >= 0.3 is 0 Å². The first-order valence-corrected chi connectivity index (χ1v) is 8.03. The fourth-order valence-electron chi connectivity index (χ4n) is 2.62. The van der Waals surface area contributed by atoms with Crippen LogP contribution in [-0.4, -0.2) is 46.4 Å². The zero-order chi connectivity index (χ0) is 16.5. The van der Waals surface area contributed by atoms with Crippen molar-refractivity contribution < 1.29 is 19.0 Å². The van der Waals surface area contributed by atoms with E-state index in [4.69, 9.17) is 14.2 Å². The third-order valence-electron chi connectivity index (χ3n) is 3.93. The number of halogens is 1. The second kappa shape index (κ2) is 11.1. The van der Waals surface area contributed by atoms with Gasteiger partial charge in [-0.1, -0.05) is 0 Å². The molecule has 1 heterocycles. The first-order chi connectivity index (χ1) is 11.2. The first kappa shape index (κ1) is 20.5. The van der Waals surface area contributed by atoms with Crippen molar-refractivity contribution in [2.45, 2.75) is 19.3 Å². The number of hydrogen-bond donors (Lipinski definition) is 2. The van der Waals surface area contributed by atoms with Crippen LogP contribution in [-0.2, 0) is 9.53 Å². The van der Waals surface area contributed by atoms with Gasteiger partial charge in [-0.2, -0.15) is 0 Å². The summed E-state index contributed by atoms with van der Waals surface area (Å²) >= 11 is 0. The summed E-state index contributed by atoms with van der Waals surface area (Å²) in [5, 5.41) is 6.24. The Labute approximate surface area is 149 Å². The van der Waals surface area contributed by atoms with E-state index in [2.05, 4.69) is 10.6 Å². The summed E-state index contributed by atoms with van der Waals surface area (Å²) in [6.45, 7) is 3.01. The molecule has 1 unspecified atom stereocenters. The molecule has 1 fully saturated rings. The average molecular weight is 359 g/mol. The molecular weight excluding hydrogens is 332 g/mol. The molecule has 0 bridgehead atoms. The maximum Gasteiger partial charge on any atom is 0.224 e. The molecule has 24 heavy (non-hydrogen) atoms. The van der Waals surface area contributed by atoms with Gasteiger partial charge in [0.15, 0.2) is 11.5 Å². The smallest absolute Gasteiger partial charge is 0.224 e. The lowest BCUT2D eigenvalue weighted by atomic mass is 10.0. The molecule has 6 nitrogen and oxygen atoms in total. The second-order valence-corrected chi connectivity index (χ2v) is 5.65. The van der Waals surface area contributed by atoms with Crippen molar-refractivity contribution in [1.82, 2.24) is 5.32 Å². The number of anilines is 1. The summed E-state index contributed by atoms with van der Waals surface area (Å²) in [6.07, 6.45) is 2.62. The standard InChI is InChI=1S/C17H26N2O4.ClH/c1-21-9-10-23-16-11-14(4-5-15(16)22-2)19-17(20)6-3-13-7-8-18-12-13;/h4-5,11,13,18H,3,6-10,12H2,1-2H3,(H,19,20);1H. The Morgan fingerprint density at radius 3 is 2.79 bits per heavy atom. The highest BCUT2D eigenvalue weighted by atomic mass is 35.5. The van der Waals surface area contributed by atoms with Gasteiger partial charge in [-0.3, -0.25) is 4.79 Å². The molecule has 1 atom stereocenters. The topological polar surface area (TPSA) is 68.8 Å². The van der Waals surface area contributed by atoms with Crippen molar-refractivity contribution in [2.24, 2.45) is 5.92 Å². The number of benzene rings is 1. The fraction of sp³-hybridized carbons (Fsp3) is 0.588. The quantitative estimate of drug-likeness (QED) is 0.664. The minimum absolute atomic E-state index is 0. The maximum absolute atomic E-state index is 12.1. The van der Waals surface area contributed by atoms with Gasteiger partial charge in [0.1, 0.15) is 6.61 Å². The predicted molar refractivity (Wildman–Crippen MR) is 96.5 cm³/mol. The van der Waals surface area contributed by atoms with Crippen LogP contribution < -0.4 is 20.1 Å². The molecule has 0 aliphatic carbocycles. The number of methoxy groups -OCH3 is 2. The van der Waals surface area contributed by atoms with E-state index in [0.29, 0.717) is 42.7 Å². The summed E-state index contributed by atoms with van der Waals surface area (Å²) in [7, 11) is 3.21. The number of ether oxygens (including phenoxy) is 3. The van der Waals surface area contributed by atoms with Crippen molar-refractivity contribution in [2.75, 3.05) is 45.8 Å². The van der Waals surface area contributed by atoms with E-state index < -0.39 is 0 Å². The van der Waals surface area contributed by atoms with Gasteiger partial charge in [-0.15, -0.1) is 12.4 Å². The van der Waals surface area contributed by atoms with E-state index in [0.717, 1.165) is 25.9 Å². The number of carbonyl (C=O) groups excluding carboxylic acids is 1. The van der Waals surface area contributed by atoms with Crippen molar-refractivity contribution in [1.29, 1.82) is 0 Å². The lowest BCUT2D eigenvalue weighted by Crippen LogP contribution is -2.15. The van der Waals surface area contributed by atoms with Gasteiger partial charge in [0.2, 0.25) is 5.91 Å². The van der Waals surface area contributed by atoms with Crippen LogP contribution in [0.4, 0.5) is 5.69 Å². The number of hydrogen-bond acceptors (Lipinski definition) is 5. The van der Waals surface area contributed by atoms with Crippen LogP contribution in [0.25, 0.3) is 0 Å². The molecule has 2 N–H and O–H groups in total. The fourth-order valence-corrected chi connectivity index (χ4v) is 2.62. The lowest BCUT2D eigenvalue weighted by Gasteiger charge is -2.13. The largest absolute Gasteiger partial charge is 0.493 e. The van der Waals surface area contributed by atoms with Gasteiger partial charge in [-0.05, 0) is 44.0 Å². The predicted octanol–water partition coefficient (Wildman–Crippen LogP) is 2.47. The van der Waals surface area contributed by atoms with Crippen molar-refractivity contribution in [3.05, 3.63) is 18.2 Å². The molecule has 1 aliphatic heterocycles. The third kappa shape index (κ3) is 6.55. The number of carbonyl (C=O) groups is 1. The summed E-state index contributed by atoms with van der Waals surface area (Å²) in [4.78, 5) is 12.1. The Bertz CT molecular complexity index is 507. The maximum atomic E-state index is 12.1. The molecule has 1 amide bonds. The van der Waals surface area contributed by atoms with E-state index in [-0.39, 0.29) is 18.3 Å². The summed E-state index contributed by atoms with van der Waals surface area (Å²) < 4.78 is 15.9. The lowest BCUT2D eigenvalue weighted by molar-refractivity contribution is -0.116. The molecule has 1 aromatic carbocycles. The molecule has 0 aromatic heterocycles. The highest BCUT2D eigenvalue weighted by molar-refractivity contribution is 5.91. The molecular formula is C17H27ClN2O4. The van der Waals surface area contributed by atoms with Crippen LogP contribution in [0.1, 0.15) is 19.3 Å². The summed E-state index contributed by atoms with van der Waals surface area (Å²) in [6, 6.07) is 5.39. The number of nitrogens with one attached hydrogen (secondary N) is 2. The Hall–Kier alpha value is -1.50. The number of amides is 1. The van der Waals surface area contributed by atoms with E-state index in [1.807, 2.05) is 6.07 Å². The minimum Gasteiger partial charge on any atom is -0.493 e. The van der Waals surface area contributed by atoms with Gasteiger partial charge in [-0.25, -0.2) is 0 Å². The molecule has 7 heteroatoms. The SMILES string of the molecule is COCCOc1cc(NC(=O)CCC2CCNC2)ccc1OC.Cl. The Morgan fingerprint density at radius 2 is 2.12 bits per heavy atom. The normalized spacial score (nSPS) is 16.3. The van der Waals surface area contributed by atoms with Crippen LogP contribution in [0, 0.1) is 5.92 Å². The highest BCUT2D eigenvalue weighted by Gasteiger charge is 2.16. The Kier molecular flexibility index (Phi) is 9.52. The summed E-state index contributed by atoms with van der Waals surface area (Å²) in [5.74, 6) is 1.88. The van der Waals surface area contributed by atoms with Crippen molar-refractivity contribution in [3.63, 3.8) is 0 Å². The number of rotatable bonds is 9. The van der Waals surface area contributed by atoms with E-state index >= 15 is 0 Å². The monoisotopic (exact) mass is 358 g/mol. The van der Waals surface area contributed by atoms with Crippen LogP contribution in [0.5, 0.6) is 11.5 Å². The van der Waals surface area contributed by atoms with Gasteiger partial charge in [0.25, 0.3) is 0 Å². The van der Waals surface area contributed by atoms with Gasteiger partial charge in [0.05, 0.1) is 13.7 Å². The van der Waals surface area contributed by atoms with Crippen LogP contribution in [0.3, 0.4) is 0 Å². The first-order valence-electron chi connectivity index (χ1n) is 8.03. The zero-order valence-electron chi connectivity index (χ0n) is 14.3. The molecule has 136 valence electrons. The average Bonchev–Trinajstić information content (AvgIpc) is 3.07. The molecule has 2 rings (SSSR count). The molecule has 1 saturated heterocycles. The highest BCUT2D eigenvalue weighted by Crippen LogP contribution is 2.30. The van der Waals surface area contributed by atoms with Crippen molar-refractivity contribution >= 4 is 24.0 Å².